The van der Waals surface area contributed by atoms with Crippen LogP contribution in [0.15, 0.2) is 77.6 Å². The maximum absolute atomic E-state index is 12.3. The lowest BCUT2D eigenvalue weighted by Gasteiger charge is -2.07. The van der Waals surface area contributed by atoms with Crippen LogP contribution in [0, 0.1) is 0 Å². The Bertz CT molecular complexity index is 1230. The van der Waals surface area contributed by atoms with Gasteiger partial charge in [0.15, 0.2) is 5.01 Å². The van der Waals surface area contributed by atoms with E-state index < -0.39 is 5.91 Å². The highest BCUT2D eigenvalue weighted by Crippen LogP contribution is 2.29. The van der Waals surface area contributed by atoms with Gasteiger partial charge < -0.3 is 5.73 Å². The zero-order chi connectivity index (χ0) is 21.6. The van der Waals surface area contributed by atoms with Gasteiger partial charge in [-0.2, -0.15) is 5.10 Å². The van der Waals surface area contributed by atoms with Gasteiger partial charge in [-0.05, 0) is 36.5 Å². The number of benzene rings is 2. The van der Waals surface area contributed by atoms with Crippen molar-refractivity contribution in [2.24, 2.45) is 5.73 Å². The molecular weight excluding hydrogens is 408 g/mol. The second-order valence-electron chi connectivity index (χ2n) is 7.20. The van der Waals surface area contributed by atoms with Crippen LogP contribution in [0.5, 0.6) is 0 Å². The van der Waals surface area contributed by atoms with Crippen LogP contribution in [-0.2, 0) is 19.4 Å². The predicted molar refractivity (Wildman–Crippen MR) is 122 cm³/mol. The zero-order valence-corrected chi connectivity index (χ0v) is 17.7. The lowest BCUT2D eigenvalue weighted by atomic mass is 10.1. The Morgan fingerprint density at radius 3 is 2.26 bits per heavy atom. The van der Waals surface area contributed by atoms with Gasteiger partial charge in [-0.3, -0.25) is 9.59 Å². The number of hydrogen-bond donors (Lipinski definition) is 1. The van der Waals surface area contributed by atoms with E-state index in [1.807, 2.05) is 48.5 Å². The highest BCUT2D eigenvalue weighted by Gasteiger charge is 2.18. The maximum Gasteiger partial charge on any atom is 0.277 e. The molecule has 6 nitrogen and oxygen atoms in total. The summed E-state index contributed by atoms with van der Waals surface area (Å²) in [7, 11) is 0. The predicted octanol–water partition coefficient (Wildman–Crippen LogP) is 3.69. The molecule has 0 aliphatic carbocycles. The molecule has 0 saturated carbocycles. The topological polar surface area (TPSA) is 90.9 Å². The Labute approximate surface area is 184 Å². The summed E-state index contributed by atoms with van der Waals surface area (Å²) >= 11 is 1.22. The molecule has 0 spiro atoms. The fraction of sp³-hybridized carbons (Fsp3) is 0.167. The molecule has 31 heavy (non-hydrogen) atoms. The Morgan fingerprint density at radius 1 is 0.903 bits per heavy atom. The van der Waals surface area contributed by atoms with Crippen molar-refractivity contribution in [2.75, 3.05) is 0 Å². The summed E-state index contributed by atoms with van der Waals surface area (Å²) in [6, 6.07) is 23.1. The molecule has 0 radical (unpaired) electrons. The van der Waals surface area contributed by atoms with E-state index in [1.165, 1.54) is 27.6 Å². The highest BCUT2D eigenvalue weighted by molar-refractivity contribution is 7.17. The first-order valence-corrected chi connectivity index (χ1v) is 10.9. The van der Waals surface area contributed by atoms with E-state index in [0.717, 1.165) is 29.0 Å². The molecule has 7 heteroatoms. The maximum atomic E-state index is 12.3. The van der Waals surface area contributed by atoms with Gasteiger partial charge in [0.1, 0.15) is 5.69 Å². The summed E-state index contributed by atoms with van der Waals surface area (Å²) in [5.41, 5.74) is 8.95. The van der Waals surface area contributed by atoms with Crippen LogP contribution in [0.4, 0.5) is 0 Å². The van der Waals surface area contributed by atoms with Gasteiger partial charge in [-0.25, -0.2) is 9.67 Å². The number of amides is 1. The van der Waals surface area contributed by atoms with Gasteiger partial charge >= 0.3 is 0 Å². The van der Waals surface area contributed by atoms with E-state index >= 15 is 0 Å². The fourth-order valence-electron chi connectivity index (χ4n) is 3.37. The fourth-order valence-corrected chi connectivity index (χ4v) is 4.30. The summed E-state index contributed by atoms with van der Waals surface area (Å²) in [4.78, 5) is 29.3. The summed E-state index contributed by atoms with van der Waals surface area (Å²) in [5.74, 6) is -0.557. The molecule has 2 aromatic carbocycles. The van der Waals surface area contributed by atoms with Crippen molar-refractivity contribution < 1.29 is 4.79 Å². The van der Waals surface area contributed by atoms with Gasteiger partial charge in [0, 0.05) is 6.07 Å². The largest absolute Gasteiger partial charge is 0.364 e. The van der Waals surface area contributed by atoms with Crippen molar-refractivity contribution in [3.05, 3.63) is 105 Å². The zero-order valence-electron chi connectivity index (χ0n) is 16.9. The minimum absolute atomic E-state index is 0.183. The van der Waals surface area contributed by atoms with Crippen LogP contribution in [0.1, 0.15) is 33.0 Å². The van der Waals surface area contributed by atoms with E-state index in [1.54, 1.807) is 6.07 Å². The summed E-state index contributed by atoms with van der Waals surface area (Å²) in [6.07, 6.45) is 2.47. The number of aryl methyl sites for hydroxylation is 2. The average molecular weight is 431 g/mol. The number of nitrogens with two attached hydrogens (primary N) is 1. The van der Waals surface area contributed by atoms with Gasteiger partial charge in [-0.1, -0.05) is 60.7 Å². The molecule has 0 aliphatic rings. The van der Waals surface area contributed by atoms with E-state index in [0.29, 0.717) is 18.7 Å². The smallest absolute Gasteiger partial charge is 0.277 e. The van der Waals surface area contributed by atoms with Crippen LogP contribution in [0.3, 0.4) is 0 Å². The third kappa shape index (κ3) is 5.13. The van der Waals surface area contributed by atoms with Gasteiger partial charge in [-0.15, -0.1) is 11.3 Å². The monoisotopic (exact) mass is 430 g/mol. The Hall–Kier alpha value is -3.58. The first kappa shape index (κ1) is 20.7. The molecule has 0 atom stereocenters. The normalized spacial score (nSPS) is 10.8. The van der Waals surface area contributed by atoms with Crippen LogP contribution in [0.2, 0.25) is 0 Å². The van der Waals surface area contributed by atoms with Crippen LogP contribution in [0.25, 0.3) is 10.6 Å². The number of aromatic nitrogens is 3. The van der Waals surface area contributed by atoms with Crippen molar-refractivity contribution >= 4 is 17.2 Å². The second kappa shape index (κ2) is 9.49. The van der Waals surface area contributed by atoms with Crippen molar-refractivity contribution in [3.8, 4) is 10.6 Å². The molecule has 0 saturated heterocycles. The molecule has 1 amide bonds. The Balaban J connectivity index is 1.61. The molecule has 156 valence electrons. The first-order valence-electron chi connectivity index (χ1n) is 10.1. The third-order valence-corrected chi connectivity index (χ3v) is 6.04. The van der Waals surface area contributed by atoms with Gasteiger partial charge in [0.25, 0.3) is 11.5 Å². The first-order chi connectivity index (χ1) is 15.1. The average Bonchev–Trinajstić information content (AvgIpc) is 3.21. The summed E-state index contributed by atoms with van der Waals surface area (Å²) in [5, 5.41) is 4.82. The molecule has 2 aromatic heterocycles. The summed E-state index contributed by atoms with van der Waals surface area (Å²) < 4.78 is 1.43. The van der Waals surface area contributed by atoms with Crippen LogP contribution in [-0.4, -0.2) is 20.7 Å². The molecule has 4 rings (SSSR count). The standard InChI is InChI=1S/C24H22N4O2S/c25-23(30)24-26-19(13-7-12-17-8-3-1-4-9-17)22(31-24)20-14-15-21(29)28(27-20)16-18-10-5-2-6-11-18/h1-6,8-11,14-15H,7,12-13,16H2,(H2,25,30). The molecule has 0 unspecified atom stereocenters. The molecule has 0 aliphatic heterocycles. The van der Waals surface area contributed by atoms with Gasteiger partial charge in [0.2, 0.25) is 0 Å². The van der Waals surface area contributed by atoms with Crippen LogP contribution >= 0.6 is 11.3 Å². The minimum Gasteiger partial charge on any atom is -0.364 e. The highest BCUT2D eigenvalue weighted by atomic mass is 32.1. The lowest BCUT2D eigenvalue weighted by Crippen LogP contribution is -2.22. The molecule has 2 N–H and O–H groups in total. The molecule has 2 heterocycles. The van der Waals surface area contributed by atoms with E-state index in [-0.39, 0.29) is 10.6 Å². The number of carbonyl (C=O) groups is 1. The van der Waals surface area contributed by atoms with Gasteiger partial charge in [0.05, 0.1) is 17.1 Å². The van der Waals surface area contributed by atoms with Crippen molar-refractivity contribution in [3.63, 3.8) is 0 Å². The number of thiazole rings is 1. The number of primary amides is 1. The molecule has 0 bridgehead atoms. The number of carbonyl (C=O) groups excluding carboxylic acids is 1. The van der Waals surface area contributed by atoms with Crippen molar-refractivity contribution in [1.82, 2.24) is 14.8 Å². The van der Waals surface area contributed by atoms with E-state index in [9.17, 15) is 9.59 Å². The quantitative estimate of drug-likeness (QED) is 0.462. The van der Waals surface area contributed by atoms with Crippen molar-refractivity contribution in [1.29, 1.82) is 0 Å². The SMILES string of the molecule is NC(=O)c1nc(CCCc2ccccc2)c(-c2ccc(=O)n(Cc3ccccc3)n2)s1. The minimum atomic E-state index is -0.557. The molecule has 0 fully saturated rings. The Kier molecular flexibility index (Phi) is 6.33. The second-order valence-corrected chi connectivity index (χ2v) is 8.20. The number of rotatable bonds is 8. The van der Waals surface area contributed by atoms with Crippen molar-refractivity contribution in [2.45, 2.75) is 25.8 Å². The summed E-state index contributed by atoms with van der Waals surface area (Å²) in [6.45, 7) is 0.373. The van der Waals surface area contributed by atoms with Crippen LogP contribution < -0.4 is 11.3 Å². The molecule has 4 aromatic rings. The molecular formula is C24H22N4O2S. The number of hydrogen-bond acceptors (Lipinski definition) is 5. The number of nitrogens with zero attached hydrogens (tertiary/aromatic N) is 3. The lowest BCUT2D eigenvalue weighted by molar-refractivity contribution is 0.0999. The van der Waals surface area contributed by atoms with E-state index in [4.69, 9.17) is 5.73 Å². The third-order valence-electron chi connectivity index (χ3n) is 4.90. The Morgan fingerprint density at radius 2 is 1.58 bits per heavy atom. The van der Waals surface area contributed by atoms with E-state index in [2.05, 4.69) is 22.2 Å².